The van der Waals surface area contributed by atoms with E-state index in [-0.39, 0.29) is 43.3 Å². The molecule has 0 radical (unpaired) electrons. The fraction of sp³-hybridized carbons (Fsp3) is 0.458. The van der Waals surface area contributed by atoms with Crippen molar-refractivity contribution in [2.75, 3.05) is 30.2 Å². The van der Waals surface area contributed by atoms with Crippen molar-refractivity contribution in [2.24, 2.45) is 0 Å². The van der Waals surface area contributed by atoms with Gasteiger partial charge in [0, 0.05) is 28.6 Å². The topological polar surface area (TPSA) is 127 Å². The predicted molar refractivity (Wildman–Crippen MR) is 128 cm³/mol. The Hall–Kier alpha value is -3.34. The van der Waals surface area contributed by atoms with E-state index in [1.807, 2.05) is 0 Å². The van der Waals surface area contributed by atoms with Gasteiger partial charge in [-0.05, 0) is 37.1 Å². The van der Waals surface area contributed by atoms with Gasteiger partial charge in [-0.15, -0.1) is 0 Å². The van der Waals surface area contributed by atoms with Crippen molar-refractivity contribution in [2.45, 2.75) is 44.7 Å². The highest BCUT2D eigenvalue weighted by Gasteiger charge is 2.24. The molecule has 1 aliphatic heterocycles. The normalized spacial score (nSPS) is 15.9. The van der Waals surface area contributed by atoms with Crippen LogP contribution in [0.25, 0.3) is 0 Å². The van der Waals surface area contributed by atoms with Crippen LogP contribution in [-0.4, -0.2) is 57.7 Å². The zero-order valence-corrected chi connectivity index (χ0v) is 20.1. The third kappa shape index (κ3) is 7.32. The Morgan fingerprint density at radius 3 is 2.57 bits per heavy atom. The maximum Gasteiger partial charge on any atom is 0.239 e. The first-order valence-electron chi connectivity index (χ1n) is 11.6. The second-order valence-electron chi connectivity index (χ2n) is 8.58. The van der Waals surface area contributed by atoms with E-state index in [2.05, 4.69) is 10.6 Å². The number of amides is 3. The van der Waals surface area contributed by atoms with Gasteiger partial charge in [0.2, 0.25) is 24.5 Å². The molecule has 1 aromatic heterocycles. The number of furan rings is 1. The fourth-order valence-electron chi connectivity index (χ4n) is 4.11. The molecule has 1 fully saturated rings. The van der Waals surface area contributed by atoms with Crippen LogP contribution in [0.1, 0.15) is 37.9 Å². The van der Waals surface area contributed by atoms with E-state index >= 15 is 0 Å². The number of nitrogens with one attached hydrogen (secondary N) is 2. The zero-order valence-electron chi connectivity index (χ0n) is 19.3. The minimum atomic E-state index is -1.76. The minimum absolute atomic E-state index is 0.0739. The average Bonchev–Trinajstić information content (AvgIpc) is 3.50. The number of carbonyl (C=O) groups excluding carboxylic acids is 3. The largest absolute Gasteiger partial charge is 0.467 e. The first-order chi connectivity index (χ1) is 17.0. The Kier molecular flexibility index (Phi) is 8.40. The molecule has 10 nitrogen and oxygen atoms in total. The molecule has 0 unspecified atom stereocenters. The van der Waals surface area contributed by atoms with Crippen molar-refractivity contribution in [1.29, 1.82) is 0 Å². The highest BCUT2D eigenvalue weighted by atomic mass is 32.2. The molecular weight excluding hydrogens is 474 g/mol. The Morgan fingerprint density at radius 1 is 1.00 bits per heavy atom. The molecule has 2 heterocycles. The molecule has 2 N–H and O–H groups in total. The molecule has 0 saturated heterocycles. The standard InChI is InChI=1S/C24H29N3O7S/c28-22(25-17-5-2-1-3-6-17)13-27(12-19-7-4-10-32-19)24(30)15-35(31)14-23(29)26-18-8-9-20-21(11-18)34-16-33-20/h4,7-11,17H,1-3,5-6,12-16H2,(H,25,28)(H,26,29)/t35-/m0/s1. The molecule has 11 heteroatoms. The molecule has 0 bridgehead atoms. The second kappa shape index (κ2) is 11.9. The first kappa shape index (κ1) is 24.8. The number of ether oxygens (including phenoxy) is 2. The van der Waals surface area contributed by atoms with Crippen LogP contribution in [0.2, 0.25) is 0 Å². The van der Waals surface area contributed by atoms with Gasteiger partial charge in [0.25, 0.3) is 0 Å². The first-order valence-corrected chi connectivity index (χ1v) is 13.1. The number of benzene rings is 1. The zero-order chi connectivity index (χ0) is 24.6. The summed E-state index contributed by atoms with van der Waals surface area (Å²) in [6.07, 6.45) is 6.67. The van der Waals surface area contributed by atoms with Crippen LogP contribution in [0.4, 0.5) is 5.69 Å². The van der Waals surface area contributed by atoms with E-state index < -0.39 is 22.6 Å². The molecule has 1 aromatic carbocycles. The minimum Gasteiger partial charge on any atom is -0.467 e. The fourth-order valence-corrected chi connectivity index (χ4v) is 5.04. The third-order valence-corrected chi connectivity index (χ3v) is 6.97. The van der Waals surface area contributed by atoms with Gasteiger partial charge in [-0.25, -0.2) is 0 Å². The summed E-state index contributed by atoms with van der Waals surface area (Å²) in [7, 11) is -1.76. The number of hydrogen-bond donors (Lipinski definition) is 2. The molecule has 3 amide bonds. The van der Waals surface area contributed by atoms with E-state index in [1.54, 1.807) is 30.3 Å². The number of hydrogen-bond acceptors (Lipinski definition) is 7. The van der Waals surface area contributed by atoms with Gasteiger partial charge < -0.3 is 29.4 Å². The van der Waals surface area contributed by atoms with E-state index in [0.29, 0.717) is 22.9 Å². The van der Waals surface area contributed by atoms with E-state index in [1.165, 1.54) is 17.6 Å². The summed E-state index contributed by atoms with van der Waals surface area (Å²) < 4.78 is 28.4. The lowest BCUT2D eigenvalue weighted by Crippen LogP contribution is -2.45. The molecule has 0 spiro atoms. The number of anilines is 1. The molecule has 2 aromatic rings. The van der Waals surface area contributed by atoms with Crippen molar-refractivity contribution in [1.82, 2.24) is 10.2 Å². The smallest absolute Gasteiger partial charge is 0.239 e. The van der Waals surface area contributed by atoms with Gasteiger partial charge in [-0.3, -0.25) is 18.6 Å². The highest BCUT2D eigenvalue weighted by molar-refractivity contribution is 7.86. The third-order valence-electron chi connectivity index (χ3n) is 5.82. The summed E-state index contributed by atoms with van der Waals surface area (Å²) in [5.74, 6) is -0.384. The van der Waals surface area contributed by atoms with Crippen molar-refractivity contribution in [3.63, 3.8) is 0 Å². The molecule has 1 atom stereocenters. The Morgan fingerprint density at radius 2 is 1.80 bits per heavy atom. The molecular formula is C24H29N3O7S. The van der Waals surface area contributed by atoms with Crippen LogP contribution in [-0.2, 0) is 31.7 Å². The van der Waals surface area contributed by atoms with E-state index in [0.717, 1.165) is 25.7 Å². The number of carbonyl (C=O) groups is 3. The maximum absolute atomic E-state index is 12.9. The van der Waals surface area contributed by atoms with Gasteiger partial charge in [-0.2, -0.15) is 0 Å². The van der Waals surface area contributed by atoms with Crippen molar-refractivity contribution < 1.29 is 32.5 Å². The molecule has 4 rings (SSSR count). The van der Waals surface area contributed by atoms with Crippen LogP contribution in [0, 0.1) is 0 Å². The Labute approximate surface area is 205 Å². The summed E-state index contributed by atoms with van der Waals surface area (Å²) in [6, 6.07) is 8.45. The lowest BCUT2D eigenvalue weighted by atomic mass is 9.95. The number of nitrogens with zero attached hydrogens (tertiary/aromatic N) is 1. The van der Waals surface area contributed by atoms with Gasteiger partial charge >= 0.3 is 0 Å². The molecule has 1 aliphatic carbocycles. The SMILES string of the molecule is O=C(C[S@](=O)CC(=O)N(CC(=O)NC1CCCCC1)Cc1ccco1)Nc1ccc2c(c1)OCO2. The Bertz CT molecular complexity index is 1070. The van der Waals surface area contributed by atoms with Crippen LogP contribution >= 0.6 is 0 Å². The lowest BCUT2D eigenvalue weighted by Gasteiger charge is -2.25. The van der Waals surface area contributed by atoms with E-state index in [4.69, 9.17) is 13.9 Å². The summed E-state index contributed by atoms with van der Waals surface area (Å²) in [6.45, 7) is 0.0210. The predicted octanol–water partition coefficient (Wildman–Crippen LogP) is 2.17. The molecule has 35 heavy (non-hydrogen) atoms. The van der Waals surface area contributed by atoms with Gasteiger partial charge in [0.1, 0.15) is 23.8 Å². The summed E-state index contributed by atoms with van der Waals surface area (Å²) in [5.41, 5.74) is 0.474. The number of rotatable bonds is 10. The van der Waals surface area contributed by atoms with Crippen LogP contribution < -0.4 is 20.1 Å². The van der Waals surface area contributed by atoms with Crippen molar-refractivity contribution in [3.05, 3.63) is 42.4 Å². The van der Waals surface area contributed by atoms with Gasteiger partial charge in [0.15, 0.2) is 11.5 Å². The van der Waals surface area contributed by atoms with Crippen molar-refractivity contribution >= 4 is 34.2 Å². The second-order valence-corrected chi connectivity index (χ2v) is 10.0. The van der Waals surface area contributed by atoms with Gasteiger partial charge in [0.05, 0.1) is 12.8 Å². The highest BCUT2D eigenvalue weighted by Crippen LogP contribution is 2.34. The molecule has 188 valence electrons. The van der Waals surface area contributed by atoms with E-state index in [9.17, 15) is 18.6 Å². The quantitative estimate of drug-likeness (QED) is 0.509. The van der Waals surface area contributed by atoms with Crippen LogP contribution in [0.5, 0.6) is 11.5 Å². The number of fused-ring (bicyclic) bond motifs is 1. The lowest BCUT2D eigenvalue weighted by molar-refractivity contribution is -0.135. The molecule has 2 aliphatic rings. The average molecular weight is 504 g/mol. The van der Waals surface area contributed by atoms with Crippen LogP contribution in [0.3, 0.4) is 0 Å². The van der Waals surface area contributed by atoms with Gasteiger partial charge in [-0.1, -0.05) is 19.3 Å². The van der Waals surface area contributed by atoms with Crippen molar-refractivity contribution in [3.8, 4) is 11.5 Å². The summed E-state index contributed by atoms with van der Waals surface area (Å²) in [4.78, 5) is 39.2. The Balaban J connectivity index is 1.30. The molecule has 1 saturated carbocycles. The monoisotopic (exact) mass is 503 g/mol. The summed E-state index contributed by atoms with van der Waals surface area (Å²) in [5, 5.41) is 5.64. The summed E-state index contributed by atoms with van der Waals surface area (Å²) >= 11 is 0. The van der Waals surface area contributed by atoms with Crippen LogP contribution in [0.15, 0.2) is 41.0 Å². The maximum atomic E-state index is 12.9.